The van der Waals surface area contributed by atoms with Gasteiger partial charge in [-0.2, -0.15) is 5.10 Å². The van der Waals surface area contributed by atoms with Crippen LogP contribution in [0, 0.1) is 12.7 Å². The maximum Gasteiger partial charge on any atom is 0.257 e. The third kappa shape index (κ3) is 5.40. The molecule has 3 aromatic carbocycles. The number of amides is 1. The lowest BCUT2D eigenvalue weighted by Crippen LogP contribution is -2.37. The number of aryl methyl sites for hydroxylation is 1. The van der Waals surface area contributed by atoms with Crippen molar-refractivity contribution in [2.45, 2.75) is 32.4 Å². The molecule has 7 nitrogen and oxygen atoms in total. The first-order chi connectivity index (χ1) is 18.5. The van der Waals surface area contributed by atoms with Crippen LogP contribution < -0.4 is 9.47 Å². The van der Waals surface area contributed by atoms with Crippen molar-refractivity contribution >= 4 is 5.91 Å². The highest BCUT2D eigenvalue weighted by atomic mass is 19.1. The van der Waals surface area contributed by atoms with Gasteiger partial charge in [-0.25, -0.2) is 9.07 Å². The molecule has 8 heteroatoms. The summed E-state index contributed by atoms with van der Waals surface area (Å²) in [6, 6.07) is 23.0. The highest BCUT2D eigenvalue weighted by molar-refractivity contribution is 5.94. The fourth-order valence-electron chi connectivity index (χ4n) is 4.63. The zero-order valence-corrected chi connectivity index (χ0v) is 21.5. The number of carbonyl (C=O) groups is 1. The van der Waals surface area contributed by atoms with Crippen molar-refractivity contribution in [3.8, 4) is 23.1 Å². The van der Waals surface area contributed by atoms with Crippen LogP contribution in [0.3, 0.4) is 0 Å². The van der Waals surface area contributed by atoms with Gasteiger partial charge in [-0.1, -0.05) is 42.5 Å². The van der Waals surface area contributed by atoms with Crippen molar-refractivity contribution in [2.75, 3.05) is 20.3 Å². The SMILES string of the molecule is COc1ccccc1Oc1c(CN(CC2CCCO2)C(=O)c2ccccc2F)c(C)nn1-c1ccccc1. The topological polar surface area (TPSA) is 65.8 Å². The molecule has 0 saturated carbocycles. The van der Waals surface area contributed by atoms with Crippen molar-refractivity contribution in [1.29, 1.82) is 0 Å². The summed E-state index contributed by atoms with van der Waals surface area (Å²) >= 11 is 0. The van der Waals surface area contributed by atoms with E-state index in [2.05, 4.69) is 0 Å². The molecule has 1 aliphatic rings. The number of rotatable bonds is 9. The largest absolute Gasteiger partial charge is 0.493 e. The van der Waals surface area contributed by atoms with E-state index in [1.54, 1.807) is 28.8 Å². The number of benzene rings is 3. The Kier molecular flexibility index (Phi) is 7.70. The van der Waals surface area contributed by atoms with E-state index < -0.39 is 11.7 Å². The quantitative estimate of drug-likeness (QED) is 0.276. The van der Waals surface area contributed by atoms with Gasteiger partial charge in [0.15, 0.2) is 11.5 Å². The van der Waals surface area contributed by atoms with Crippen LogP contribution in [-0.2, 0) is 11.3 Å². The number of aromatic nitrogens is 2. The van der Waals surface area contributed by atoms with E-state index in [0.29, 0.717) is 41.8 Å². The van der Waals surface area contributed by atoms with E-state index in [1.807, 2.05) is 61.5 Å². The lowest BCUT2D eigenvalue weighted by Gasteiger charge is -2.26. The Morgan fingerprint density at radius 1 is 1.05 bits per heavy atom. The molecule has 1 amide bonds. The summed E-state index contributed by atoms with van der Waals surface area (Å²) in [5.41, 5.74) is 2.23. The summed E-state index contributed by atoms with van der Waals surface area (Å²) in [6.45, 7) is 3.02. The highest BCUT2D eigenvalue weighted by Crippen LogP contribution is 2.36. The summed E-state index contributed by atoms with van der Waals surface area (Å²) in [6.07, 6.45) is 1.65. The molecule has 0 aliphatic carbocycles. The van der Waals surface area contributed by atoms with Crippen LogP contribution in [0.25, 0.3) is 5.69 Å². The molecule has 38 heavy (non-hydrogen) atoms. The average molecular weight is 516 g/mol. The summed E-state index contributed by atoms with van der Waals surface area (Å²) in [7, 11) is 1.58. The Morgan fingerprint density at radius 2 is 1.76 bits per heavy atom. The second kappa shape index (κ2) is 11.5. The van der Waals surface area contributed by atoms with Crippen molar-refractivity contribution in [3.05, 3.63) is 102 Å². The van der Waals surface area contributed by atoms with Gasteiger partial charge in [0.1, 0.15) is 5.82 Å². The molecule has 5 rings (SSSR count). The van der Waals surface area contributed by atoms with E-state index >= 15 is 0 Å². The van der Waals surface area contributed by atoms with Crippen LogP contribution in [0.5, 0.6) is 17.4 Å². The molecule has 1 saturated heterocycles. The third-order valence-corrected chi connectivity index (χ3v) is 6.60. The molecule has 0 bridgehead atoms. The first-order valence-electron chi connectivity index (χ1n) is 12.7. The van der Waals surface area contributed by atoms with Crippen molar-refractivity contribution in [3.63, 3.8) is 0 Å². The number of para-hydroxylation sites is 3. The molecule has 0 N–H and O–H groups in total. The summed E-state index contributed by atoms with van der Waals surface area (Å²) in [5.74, 6) is 0.567. The number of carbonyl (C=O) groups excluding carboxylic acids is 1. The minimum Gasteiger partial charge on any atom is -0.493 e. The number of hydrogen-bond acceptors (Lipinski definition) is 5. The molecular weight excluding hydrogens is 485 g/mol. The Balaban J connectivity index is 1.57. The van der Waals surface area contributed by atoms with Crippen molar-refractivity contribution in [2.24, 2.45) is 0 Å². The zero-order valence-electron chi connectivity index (χ0n) is 21.5. The number of methoxy groups -OCH3 is 1. The molecular formula is C30H30FN3O4. The van der Waals surface area contributed by atoms with Gasteiger partial charge in [-0.3, -0.25) is 4.79 Å². The molecule has 1 aromatic heterocycles. The molecule has 0 radical (unpaired) electrons. The van der Waals surface area contributed by atoms with Crippen LogP contribution in [-0.4, -0.2) is 47.0 Å². The monoisotopic (exact) mass is 515 g/mol. The van der Waals surface area contributed by atoms with E-state index in [1.165, 1.54) is 12.1 Å². The van der Waals surface area contributed by atoms with Gasteiger partial charge in [-0.05, 0) is 56.2 Å². The highest BCUT2D eigenvalue weighted by Gasteiger charge is 2.29. The number of ether oxygens (including phenoxy) is 3. The van der Waals surface area contributed by atoms with Crippen LogP contribution >= 0.6 is 0 Å². The van der Waals surface area contributed by atoms with Crippen LogP contribution in [0.1, 0.15) is 34.5 Å². The number of hydrogen-bond donors (Lipinski definition) is 0. The average Bonchev–Trinajstić information content (AvgIpc) is 3.57. The van der Waals surface area contributed by atoms with E-state index in [-0.39, 0.29) is 18.2 Å². The van der Waals surface area contributed by atoms with Gasteiger partial charge < -0.3 is 19.1 Å². The molecule has 1 fully saturated rings. The normalized spacial score (nSPS) is 14.9. The Morgan fingerprint density at radius 3 is 2.47 bits per heavy atom. The molecule has 4 aromatic rings. The zero-order chi connectivity index (χ0) is 26.5. The molecule has 196 valence electrons. The summed E-state index contributed by atoms with van der Waals surface area (Å²) < 4.78 is 34.2. The van der Waals surface area contributed by atoms with Gasteiger partial charge >= 0.3 is 0 Å². The Bertz CT molecular complexity index is 1400. The van der Waals surface area contributed by atoms with Gasteiger partial charge in [0.2, 0.25) is 5.88 Å². The number of nitrogens with zero attached hydrogens (tertiary/aromatic N) is 3. The summed E-state index contributed by atoms with van der Waals surface area (Å²) in [4.78, 5) is 15.3. The Hall–Kier alpha value is -4.17. The predicted octanol–water partition coefficient (Wildman–Crippen LogP) is 5.94. The lowest BCUT2D eigenvalue weighted by atomic mass is 10.1. The van der Waals surface area contributed by atoms with Gasteiger partial charge in [0.05, 0.1) is 42.3 Å². The molecule has 1 unspecified atom stereocenters. The number of halogens is 1. The lowest BCUT2D eigenvalue weighted by molar-refractivity contribution is 0.0502. The predicted molar refractivity (Wildman–Crippen MR) is 141 cm³/mol. The van der Waals surface area contributed by atoms with Crippen molar-refractivity contribution in [1.82, 2.24) is 14.7 Å². The minimum absolute atomic E-state index is 0.0193. The van der Waals surface area contributed by atoms with Crippen LogP contribution in [0.2, 0.25) is 0 Å². The van der Waals surface area contributed by atoms with Gasteiger partial charge in [0, 0.05) is 13.2 Å². The standard InChI is InChI=1S/C30H30FN3O4/c1-21-25(20-33(19-23-13-10-18-37-23)29(35)24-14-6-7-15-26(24)31)30(34(32-21)22-11-4-3-5-12-22)38-28-17-9-8-16-27(28)36-2/h3-9,11-12,14-17,23H,10,13,18-20H2,1-2H3. The maximum absolute atomic E-state index is 14.7. The van der Waals surface area contributed by atoms with E-state index in [4.69, 9.17) is 19.3 Å². The molecule has 2 heterocycles. The fourth-order valence-corrected chi connectivity index (χ4v) is 4.63. The van der Waals surface area contributed by atoms with E-state index in [9.17, 15) is 9.18 Å². The van der Waals surface area contributed by atoms with E-state index in [0.717, 1.165) is 18.5 Å². The second-order valence-corrected chi connectivity index (χ2v) is 9.17. The van der Waals surface area contributed by atoms with Gasteiger partial charge in [-0.15, -0.1) is 0 Å². The maximum atomic E-state index is 14.7. The Labute approximate surface area is 221 Å². The molecule has 1 aliphatic heterocycles. The smallest absolute Gasteiger partial charge is 0.257 e. The fraction of sp³-hybridized carbons (Fsp3) is 0.267. The second-order valence-electron chi connectivity index (χ2n) is 9.17. The third-order valence-electron chi connectivity index (χ3n) is 6.60. The van der Waals surface area contributed by atoms with Gasteiger partial charge in [0.25, 0.3) is 5.91 Å². The first-order valence-corrected chi connectivity index (χ1v) is 12.7. The van der Waals surface area contributed by atoms with Crippen LogP contribution in [0.15, 0.2) is 78.9 Å². The molecule has 0 spiro atoms. The first kappa shape index (κ1) is 25.5. The minimum atomic E-state index is -0.558. The van der Waals surface area contributed by atoms with Crippen molar-refractivity contribution < 1.29 is 23.4 Å². The molecule has 1 atom stereocenters. The van der Waals surface area contributed by atoms with Crippen LogP contribution in [0.4, 0.5) is 4.39 Å². The summed E-state index contributed by atoms with van der Waals surface area (Å²) in [5, 5.41) is 4.77.